The van der Waals surface area contributed by atoms with E-state index in [1.807, 2.05) is 0 Å². The molecule has 0 N–H and O–H groups in total. The Balaban J connectivity index is 2.56. The number of ether oxygens (including phenoxy) is 3. The monoisotopic (exact) mass is 328 g/mol. The molecule has 124 valence electrons. The van der Waals surface area contributed by atoms with E-state index in [9.17, 15) is 19.6 Å². The zero-order valence-corrected chi connectivity index (χ0v) is 12.3. The first-order chi connectivity index (χ1) is 11.0. The highest BCUT2D eigenvalue weighted by Crippen LogP contribution is 2.32. The summed E-state index contributed by atoms with van der Waals surface area (Å²) in [5.74, 6) is -4.18. The molecule has 1 aliphatic rings. The summed E-state index contributed by atoms with van der Waals surface area (Å²) in [5.41, 5.74) is -0.922. The zero-order chi connectivity index (χ0) is 17.1. The maximum absolute atomic E-state index is 11.8. The summed E-state index contributed by atoms with van der Waals surface area (Å²) in [6.07, 6.45) is -0.521. The number of hydrogen-bond acceptors (Lipinski definition) is 10. The molecule has 2 heterocycles. The average molecular weight is 328 g/mol. The van der Waals surface area contributed by atoms with Crippen molar-refractivity contribution in [1.29, 1.82) is 0 Å². The lowest BCUT2D eigenvalue weighted by molar-refractivity contribution is -0.736. The number of rotatable bonds is 4. The lowest BCUT2D eigenvalue weighted by Crippen LogP contribution is -2.34. The summed E-state index contributed by atoms with van der Waals surface area (Å²) < 4.78 is 18.3. The molecule has 0 fully saturated rings. The van der Waals surface area contributed by atoms with E-state index < -0.39 is 35.6 Å². The van der Waals surface area contributed by atoms with Gasteiger partial charge in [-0.2, -0.15) is 0 Å². The molecule has 0 aliphatic carbocycles. The van der Waals surface area contributed by atoms with E-state index in [0.29, 0.717) is 0 Å². The Labute approximate surface area is 128 Å². The van der Waals surface area contributed by atoms with Crippen LogP contribution in [-0.2, 0) is 28.6 Å². The number of esters is 3. The molecule has 2 atom stereocenters. The number of carbonyl (C=O) groups excluding carboxylic acids is 3. The fraction of sp³-hybridized carbons (Fsp3) is 0.417. The highest BCUT2D eigenvalue weighted by atomic mass is 16.9. The SMILES string of the molecule is COC(=O)C1=[N+]([O-])O[C@@H](C(=O)OC)[C@@H]1c1conc1C(=O)OC. The fourth-order valence-corrected chi connectivity index (χ4v) is 2.11. The summed E-state index contributed by atoms with van der Waals surface area (Å²) in [6.45, 7) is 0. The summed E-state index contributed by atoms with van der Waals surface area (Å²) in [6, 6.07) is 0. The van der Waals surface area contributed by atoms with E-state index in [2.05, 4.69) is 19.4 Å². The summed E-state index contributed by atoms with van der Waals surface area (Å²) in [7, 11) is 3.22. The predicted octanol–water partition coefficient (Wildman–Crippen LogP) is -0.844. The van der Waals surface area contributed by atoms with Crippen LogP contribution in [0.3, 0.4) is 0 Å². The van der Waals surface area contributed by atoms with Crippen LogP contribution in [0.15, 0.2) is 10.8 Å². The molecule has 0 radical (unpaired) electrons. The van der Waals surface area contributed by atoms with Gasteiger partial charge in [-0.3, -0.25) is 10.0 Å². The Morgan fingerprint density at radius 2 is 1.83 bits per heavy atom. The predicted molar refractivity (Wildman–Crippen MR) is 68.1 cm³/mol. The van der Waals surface area contributed by atoms with Crippen LogP contribution in [0.25, 0.3) is 0 Å². The molecule has 0 saturated heterocycles. The first-order valence-electron chi connectivity index (χ1n) is 6.15. The molecule has 0 aromatic carbocycles. The largest absolute Gasteiger partial charge is 0.468 e. The zero-order valence-electron chi connectivity index (χ0n) is 12.3. The second-order valence-electron chi connectivity index (χ2n) is 4.27. The molecule has 1 aromatic rings. The third-order valence-electron chi connectivity index (χ3n) is 3.14. The lowest BCUT2D eigenvalue weighted by atomic mass is 9.89. The minimum absolute atomic E-state index is 0.0500. The maximum atomic E-state index is 11.8. The second kappa shape index (κ2) is 6.34. The van der Waals surface area contributed by atoms with Gasteiger partial charge in [-0.25, -0.2) is 9.59 Å². The summed E-state index contributed by atoms with van der Waals surface area (Å²) >= 11 is 0. The van der Waals surface area contributed by atoms with Crippen LogP contribution < -0.4 is 0 Å². The van der Waals surface area contributed by atoms with E-state index in [1.54, 1.807) is 0 Å². The van der Waals surface area contributed by atoms with Gasteiger partial charge in [0.25, 0.3) is 0 Å². The van der Waals surface area contributed by atoms with Crippen molar-refractivity contribution in [3.05, 3.63) is 22.7 Å². The van der Waals surface area contributed by atoms with E-state index in [-0.39, 0.29) is 16.2 Å². The molecule has 1 aliphatic heterocycles. The quantitative estimate of drug-likeness (QED) is 0.390. The molecular weight excluding hydrogens is 316 g/mol. The van der Waals surface area contributed by atoms with Gasteiger partial charge < -0.3 is 23.6 Å². The van der Waals surface area contributed by atoms with Crippen molar-refractivity contribution in [2.75, 3.05) is 21.3 Å². The van der Waals surface area contributed by atoms with Crippen LogP contribution in [-0.4, -0.2) is 61.1 Å². The molecule has 0 spiro atoms. The van der Waals surface area contributed by atoms with Crippen molar-refractivity contribution in [2.24, 2.45) is 0 Å². The van der Waals surface area contributed by atoms with Crippen LogP contribution in [0.2, 0.25) is 0 Å². The van der Waals surface area contributed by atoms with Gasteiger partial charge in [-0.15, -0.1) is 0 Å². The van der Waals surface area contributed by atoms with E-state index in [4.69, 9.17) is 9.36 Å². The molecule has 11 heteroatoms. The first kappa shape index (κ1) is 16.3. The molecule has 2 rings (SSSR count). The maximum Gasteiger partial charge on any atom is 0.405 e. The third-order valence-corrected chi connectivity index (χ3v) is 3.14. The van der Waals surface area contributed by atoms with Crippen molar-refractivity contribution >= 4 is 23.6 Å². The Hall–Kier alpha value is -3.11. The molecule has 0 saturated carbocycles. The fourth-order valence-electron chi connectivity index (χ4n) is 2.11. The normalized spacial score (nSPS) is 20.0. The van der Waals surface area contributed by atoms with E-state index in [0.717, 1.165) is 27.6 Å². The molecule has 0 unspecified atom stereocenters. The van der Waals surface area contributed by atoms with E-state index in [1.165, 1.54) is 0 Å². The molecule has 1 aromatic heterocycles. The summed E-state index contributed by atoms with van der Waals surface area (Å²) in [4.78, 5) is 40.0. The topological polar surface area (TPSA) is 140 Å². The molecule has 23 heavy (non-hydrogen) atoms. The van der Waals surface area contributed by atoms with Crippen LogP contribution in [0, 0.1) is 5.21 Å². The first-order valence-corrected chi connectivity index (χ1v) is 6.15. The Kier molecular flexibility index (Phi) is 4.48. The van der Waals surface area contributed by atoms with E-state index >= 15 is 0 Å². The minimum atomic E-state index is -1.52. The third kappa shape index (κ3) is 2.67. The van der Waals surface area contributed by atoms with Crippen molar-refractivity contribution in [3.8, 4) is 0 Å². The van der Waals surface area contributed by atoms with Crippen molar-refractivity contribution < 1.29 is 42.9 Å². The number of methoxy groups -OCH3 is 3. The van der Waals surface area contributed by atoms with Gasteiger partial charge in [0, 0.05) is 5.56 Å². The minimum Gasteiger partial charge on any atom is -0.468 e. The number of hydrogen-bond donors (Lipinski definition) is 0. The number of aromatic nitrogens is 1. The van der Waals surface area contributed by atoms with Gasteiger partial charge in [0.05, 0.1) is 26.2 Å². The highest BCUT2D eigenvalue weighted by molar-refractivity contribution is 6.37. The Morgan fingerprint density at radius 3 is 2.39 bits per heavy atom. The average Bonchev–Trinajstić information content (AvgIpc) is 3.16. The van der Waals surface area contributed by atoms with Crippen molar-refractivity contribution in [1.82, 2.24) is 5.16 Å². The van der Waals surface area contributed by atoms with Crippen LogP contribution in [0.4, 0.5) is 0 Å². The van der Waals surface area contributed by atoms with Crippen molar-refractivity contribution in [3.63, 3.8) is 0 Å². The summed E-state index contributed by atoms with van der Waals surface area (Å²) in [5, 5.41) is 15.3. The van der Waals surface area contributed by atoms with Gasteiger partial charge >= 0.3 is 23.6 Å². The van der Waals surface area contributed by atoms with Crippen LogP contribution >= 0.6 is 0 Å². The lowest BCUT2D eigenvalue weighted by Gasteiger charge is -2.15. The molecule has 0 amide bonds. The molecule has 0 bridgehead atoms. The molecule has 11 nitrogen and oxygen atoms in total. The number of carbonyl (C=O) groups is 3. The van der Waals surface area contributed by atoms with Gasteiger partial charge in [-0.05, 0) is 0 Å². The van der Waals surface area contributed by atoms with Crippen LogP contribution in [0.1, 0.15) is 22.0 Å². The van der Waals surface area contributed by atoms with Gasteiger partial charge in [0.1, 0.15) is 12.2 Å². The Bertz CT molecular complexity index is 678. The molecular formula is C12H12N2O9. The number of nitrogens with zero attached hydrogens (tertiary/aromatic N) is 2. The van der Waals surface area contributed by atoms with Crippen LogP contribution in [0.5, 0.6) is 0 Å². The smallest absolute Gasteiger partial charge is 0.405 e. The van der Waals surface area contributed by atoms with Crippen molar-refractivity contribution in [2.45, 2.75) is 12.0 Å². The highest BCUT2D eigenvalue weighted by Gasteiger charge is 2.52. The standard InChI is InChI=1S/C12H12N2O9/c1-19-10(15)7-5(4-22-13-7)6-8(11(16)20-2)14(18)23-9(6)12(17)21-3/h4,6,9H,1-3H3/t6-,9-/m1/s1. The van der Waals surface area contributed by atoms with Gasteiger partial charge in [0.15, 0.2) is 11.8 Å². The van der Waals surface area contributed by atoms with Gasteiger partial charge in [-0.1, -0.05) is 5.16 Å². The van der Waals surface area contributed by atoms with Gasteiger partial charge in [0.2, 0.25) is 0 Å². The Morgan fingerprint density at radius 1 is 1.17 bits per heavy atom. The second-order valence-corrected chi connectivity index (χ2v) is 4.27.